The maximum atomic E-state index is 13.1. The van der Waals surface area contributed by atoms with Crippen LogP contribution in [-0.4, -0.2) is 48.2 Å². The molecule has 0 aliphatic carbocycles. The number of rotatable bonds is 9. The molecule has 0 saturated carbocycles. The summed E-state index contributed by atoms with van der Waals surface area (Å²) in [5.41, 5.74) is 3.71. The summed E-state index contributed by atoms with van der Waals surface area (Å²) < 4.78 is 3.54. The van der Waals surface area contributed by atoms with E-state index in [2.05, 4.69) is 44.6 Å². The number of anilines is 1. The average Bonchev–Trinajstić information content (AvgIpc) is 3.62. The van der Waals surface area contributed by atoms with E-state index in [1.54, 1.807) is 10.7 Å². The lowest BCUT2D eigenvalue weighted by Gasteiger charge is -2.13. The molecule has 5 rings (SSSR count). The average molecular weight is 459 g/mol. The van der Waals surface area contributed by atoms with Gasteiger partial charge in [-0.25, -0.2) is 9.67 Å². The van der Waals surface area contributed by atoms with Crippen LogP contribution in [0.3, 0.4) is 0 Å². The summed E-state index contributed by atoms with van der Waals surface area (Å²) in [5.74, 6) is 1.52. The second-order valence-corrected chi connectivity index (χ2v) is 9.11. The fourth-order valence-corrected chi connectivity index (χ4v) is 4.42. The van der Waals surface area contributed by atoms with Crippen molar-refractivity contribution in [2.75, 3.05) is 18.4 Å². The van der Waals surface area contributed by atoms with Crippen molar-refractivity contribution in [3.05, 3.63) is 65.9 Å². The van der Waals surface area contributed by atoms with E-state index in [-0.39, 0.29) is 17.5 Å². The Morgan fingerprint density at radius 1 is 1.21 bits per heavy atom. The van der Waals surface area contributed by atoms with E-state index >= 15 is 0 Å². The van der Waals surface area contributed by atoms with Gasteiger partial charge in [-0.15, -0.1) is 0 Å². The third kappa shape index (κ3) is 4.56. The van der Waals surface area contributed by atoms with E-state index < -0.39 is 0 Å². The Morgan fingerprint density at radius 2 is 2.09 bits per heavy atom. The molecule has 0 amide bonds. The minimum Gasteiger partial charge on any atom is -0.350 e. The predicted octanol–water partition coefficient (Wildman–Crippen LogP) is 3.62. The summed E-state index contributed by atoms with van der Waals surface area (Å²) in [4.78, 5) is 22.3. The van der Waals surface area contributed by atoms with Crippen LogP contribution in [0.15, 0.2) is 48.9 Å². The van der Waals surface area contributed by atoms with Gasteiger partial charge >= 0.3 is 0 Å². The van der Waals surface area contributed by atoms with Gasteiger partial charge in [-0.3, -0.25) is 4.79 Å². The molecular weight excluding hydrogens is 428 g/mol. The second-order valence-electron chi connectivity index (χ2n) is 9.11. The molecule has 9 heteroatoms. The van der Waals surface area contributed by atoms with E-state index in [9.17, 15) is 4.79 Å². The maximum absolute atomic E-state index is 13.1. The number of nitrogens with zero attached hydrogens (tertiary/aromatic N) is 6. The lowest BCUT2D eigenvalue weighted by molar-refractivity contribution is 0.0964. The molecule has 1 aromatic carbocycles. The molecule has 1 aliphatic heterocycles. The number of hydrogen-bond donors (Lipinski definition) is 2. The fourth-order valence-electron chi connectivity index (χ4n) is 4.42. The van der Waals surface area contributed by atoms with Crippen LogP contribution in [-0.2, 0) is 6.54 Å². The van der Waals surface area contributed by atoms with Crippen molar-refractivity contribution in [3.63, 3.8) is 0 Å². The van der Waals surface area contributed by atoms with Gasteiger partial charge in [-0.1, -0.05) is 32.0 Å². The van der Waals surface area contributed by atoms with Crippen LogP contribution in [0.4, 0.5) is 5.95 Å². The second kappa shape index (κ2) is 9.72. The monoisotopic (exact) mass is 458 g/mol. The number of benzene rings is 1. The smallest absolute Gasteiger partial charge is 0.228 e. The normalized spacial score (nSPS) is 15.9. The van der Waals surface area contributed by atoms with Crippen molar-refractivity contribution < 1.29 is 4.79 Å². The number of para-hydroxylation sites is 1. The summed E-state index contributed by atoms with van der Waals surface area (Å²) in [7, 11) is 0. The molecule has 4 aromatic rings. The van der Waals surface area contributed by atoms with Gasteiger partial charge in [0.15, 0.2) is 11.4 Å². The van der Waals surface area contributed by atoms with E-state index in [1.807, 2.05) is 47.4 Å². The van der Waals surface area contributed by atoms with Gasteiger partial charge in [0.25, 0.3) is 0 Å². The van der Waals surface area contributed by atoms with Crippen LogP contribution in [0, 0.1) is 5.92 Å². The molecule has 1 fully saturated rings. The standard InChI is InChI=1S/C25H30N8O/c1-17(2)20-16-29-33-24(20)30-23(22(34)9-8-18-10-12-26-14-18)31-25(33)27-15-19-6-3-4-7-21(19)32-13-5-11-28-32/h3-7,11,13,16-18,26H,8-10,12,14-15H2,1-2H3,(H,27,30,31). The van der Waals surface area contributed by atoms with Crippen LogP contribution in [0.2, 0.25) is 0 Å². The van der Waals surface area contributed by atoms with Crippen LogP contribution in [0.1, 0.15) is 60.8 Å². The highest BCUT2D eigenvalue weighted by atomic mass is 16.1. The third-order valence-electron chi connectivity index (χ3n) is 6.39. The zero-order valence-electron chi connectivity index (χ0n) is 19.6. The van der Waals surface area contributed by atoms with Crippen LogP contribution in [0.5, 0.6) is 0 Å². The largest absolute Gasteiger partial charge is 0.350 e. The van der Waals surface area contributed by atoms with Gasteiger partial charge in [0.1, 0.15) is 0 Å². The number of Topliss-reactive ketones (excluding diaryl/α,β-unsaturated/α-hetero) is 1. The Kier molecular flexibility index (Phi) is 6.35. The Labute approximate surface area is 198 Å². The Bertz CT molecular complexity index is 1270. The topological polar surface area (TPSA) is 102 Å². The van der Waals surface area contributed by atoms with E-state index in [4.69, 9.17) is 0 Å². The number of fused-ring (bicyclic) bond motifs is 1. The highest BCUT2D eigenvalue weighted by Crippen LogP contribution is 2.23. The lowest BCUT2D eigenvalue weighted by atomic mass is 10.0. The summed E-state index contributed by atoms with van der Waals surface area (Å²) in [6.45, 7) is 6.71. The summed E-state index contributed by atoms with van der Waals surface area (Å²) in [6, 6.07) is 9.96. The van der Waals surface area contributed by atoms with Gasteiger partial charge in [0.05, 0.1) is 11.9 Å². The molecule has 4 heterocycles. The van der Waals surface area contributed by atoms with E-state index in [0.717, 1.165) is 42.7 Å². The SMILES string of the molecule is CC(C)c1cnn2c(NCc3ccccc3-n3cccn3)nc(C(=O)CCC3CCNC3)nc12. The molecule has 2 N–H and O–H groups in total. The summed E-state index contributed by atoms with van der Waals surface area (Å²) in [5, 5.41) is 15.6. The zero-order chi connectivity index (χ0) is 23.5. The molecule has 0 bridgehead atoms. The Balaban J connectivity index is 1.44. The molecule has 1 atom stereocenters. The van der Waals surface area contributed by atoms with Crippen molar-refractivity contribution in [1.82, 2.24) is 34.7 Å². The maximum Gasteiger partial charge on any atom is 0.228 e. The number of carbonyl (C=O) groups is 1. The number of carbonyl (C=O) groups excluding carboxylic acids is 1. The van der Waals surface area contributed by atoms with Gasteiger partial charge in [0.2, 0.25) is 11.8 Å². The van der Waals surface area contributed by atoms with Crippen LogP contribution in [0.25, 0.3) is 11.3 Å². The van der Waals surface area contributed by atoms with Crippen molar-refractivity contribution >= 4 is 17.4 Å². The first kappa shape index (κ1) is 22.2. The third-order valence-corrected chi connectivity index (χ3v) is 6.39. The first-order chi connectivity index (χ1) is 16.6. The minimum atomic E-state index is -0.0229. The van der Waals surface area contributed by atoms with Gasteiger partial charge in [-0.05, 0) is 55.5 Å². The Morgan fingerprint density at radius 3 is 2.85 bits per heavy atom. The minimum absolute atomic E-state index is 0.0229. The van der Waals surface area contributed by atoms with Crippen molar-refractivity contribution in [3.8, 4) is 5.69 Å². The first-order valence-electron chi connectivity index (χ1n) is 11.9. The molecule has 9 nitrogen and oxygen atoms in total. The number of aromatic nitrogens is 6. The first-order valence-corrected chi connectivity index (χ1v) is 11.9. The number of ketones is 1. The van der Waals surface area contributed by atoms with Gasteiger partial charge in [0, 0.05) is 30.9 Å². The van der Waals surface area contributed by atoms with Gasteiger partial charge in [-0.2, -0.15) is 19.7 Å². The number of nitrogens with one attached hydrogen (secondary N) is 2. The molecule has 1 unspecified atom stereocenters. The molecule has 1 saturated heterocycles. The molecular formula is C25H30N8O. The van der Waals surface area contributed by atoms with Crippen molar-refractivity contribution in [2.45, 2.75) is 45.6 Å². The quantitative estimate of drug-likeness (QED) is 0.369. The van der Waals surface area contributed by atoms with E-state index in [0.29, 0.717) is 30.5 Å². The van der Waals surface area contributed by atoms with Crippen LogP contribution < -0.4 is 10.6 Å². The zero-order valence-corrected chi connectivity index (χ0v) is 19.6. The summed E-state index contributed by atoms with van der Waals surface area (Å²) >= 11 is 0. The molecule has 0 radical (unpaired) electrons. The lowest BCUT2D eigenvalue weighted by Crippen LogP contribution is -2.16. The molecule has 1 aliphatic rings. The predicted molar refractivity (Wildman–Crippen MR) is 130 cm³/mol. The highest BCUT2D eigenvalue weighted by molar-refractivity contribution is 5.93. The molecule has 0 spiro atoms. The van der Waals surface area contributed by atoms with E-state index in [1.165, 1.54) is 0 Å². The molecule has 3 aromatic heterocycles. The van der Waals surface area contributed by atoms with Crippen LogP contribution >= 0.6 is 0 Å². The Hall–Kier alpha value is -3.59. The fraction of sp³-hybridized carbons (Fsp3) is 0.400. The van der Waals surface area contributed by atoms with Crippen molar-refractivity contribution in [1.29, 1.82) is 0 Å². The van der Waals surface area contributed by atoms with Crippen molar-refractivity contribution in [2.24, 2.45) is 5.92 Å². The molecule has 176 valence electrons. The summed E-state index contributed by atoms with van der Waals surface area (Å²) in [6.07, 6.45) is 7.92. The highest BCUT2D eigenvalue weighted by Gasteiger charge is 2.21. The molecule has 34 heavy (non-hydrogen) atoms. The number of hydrogen-bond acceptors (Lipinski definition) is 7. The van der Waals surface area contributed by atoms with Gasteiger partial charge < -0.3 is 10.6 Å².